The second kappa shape index (κ2) is 5.38. The molecular weight excluding hydrogens is 256 g/mol. The number of para-hydroxylation sites is 1. The molecule has 1 aliphatic rings. The summed E-state index contributed by atoms with van der Waals surface area (Å²) in [4.78, 5) is 13.9. The van der Waals surface area contributed by atoms with E-state index in [9.17, 15) is 4.79 Å². The van der Waals surface area contributed by atoms with Crippen molar-refractivity contribution in [2.24, 2.45) is 5.73 Å². The zero-order valence-corrected chi connectivity index (χ0v) is 11.0. The molecule has 20 heavy (non-hydrogen) atoms. The van der Waals surface area contributed by atoms with E-state index in [-0.39, 0.29) is 17.7 Å². The SMILES string of the molecule is N[C@@H]1CCN(C(=O)c2ccc(Oc3ccccc3)o2)C1. The van der Waals surface area contributed by atoms with Gasteiger partial charge in [-0.2, -0.15) is 0 Å². The van der Waals surface area contributed by atoms with Gasteiger partial charge in [0.25, 0.3) is 11.9 Å². The molecule has 0 unspecified atom stereocenters. The van der Waals surface area contributed by atoms with Crippen LogP contribution >= 0.6 is 0 Å². The summed E-state index contributed by atoms with van der Waals surface area (Å²) in [6.45, 7) is 1.25. The Hall–Kier alpha value is -2.27. The van der Waals surface area contributed by atoms with E-state index in [0.717, 1.165) is 6.42 Å². The van der Waals surface area contributed by atoms with Gasteiger partial charge in [-0.15, -0.1) is 0 Å². The molecule has 2 heterocycles. The van der Waals surface area contributed by atoms with E-state index in [0.29, 0.717) is 24.8 Å². The third-order valence-electron chi connectivity index (χ3n) is 3.27. The number of carbonyl (C=O) groups is 1. The number of ether oxygens (including phenoxy) is 1. The molecule has 5 nitrogen and oxygen atoms in total. The molecule has 1 fully saturated rings. The molecule has 1 aromatic carbocycles. The summed E-state index contributed by atoms with van der Waals surface area (Å²) in [5.41, 5.74) is 5.80. The third-order valence-corrected chi connectivity index (χ3v) is 3.27. The minimum absolute atomic E-state index is 0.0638. The fourth-order valence-corrected chi connectivity index (χ4v) is 2.22. The Bertz CT molecular complexity index is 594. The summed E-state index contributed by atoms with van der Waals surface area (Å²) >= 11 is 0. The van der Waals surface area contributed by atoms with Gasteiger partial charge in [-0.3, -0.25) is 4.79 Å². The molecule has 1 aliphatic heterocycles. The van der Waals surface area contributed by atoms with E-state index in [1.807, 2.05) is 30.3 Å². The monoisotopic (exact) mass is 272 g/mol. The van der Waals surface area contributed by atoms with Gasteiger partial charge in [-0.05, 0) is 24.6 Å². The van der Waals surface area contributed by atoms with Crippen molar-refractivity contribution < 1.29 is 13.9 Å². The molecule has 0 aliphatic carbocycles. The normalized spacial score (nSPS) is 18.2. The molecule has 1 amide bonds. The predicted molar refractivity (Wildman–Crippen MR) is 73.7 cm³/mol. The number of benzene rings is 1. The number of amides is 1. The first-order chi connectivity index (χ1) is 9.72. The maximum Gasteiger partial charge on any atom is 0.290 e. The number of nitrogens with two attached hydrogens (primary N) is 1. The predicted octanol–water partition coefficient (Wildman–Crippen LogP) is 2.25. The number of furan rings is 1. The average Bonchev–Trinajstić information content (AvgIpc) is 3.08. The summed E-state index contributed by atoms with van der Waals surface area (Å²) in [6, 6.07) is 12.6. The zero-order chi connectivity index (χ0) is 13.9. The standard InChI is InChI=1S/C15H16N2O3/c16-11-8-9-17(10-11)15(18)13-6-7-14(20-13)19-12-4-2-1-3-5-12/h1-7,11H,8-10,16H2/t11-/m1/s1. The van der Waals surface area contributed by atoms with Crippen molar-refractivity contribution in [2.75, 3.05) is 13.1 Å². The van der Waals surface area contributed by atoms with Crippen LogP contribution < -0.4 is 10.5 Å². The van der Waals surface area contributed by atoms with Crippen LogP contribution in [-0.2, 0) is 0 Å². The minimum atomic E-state index is -0.138. The van der Waals surface area contributed by atoms with Gasteiger partial charge in [-0.1, -0.05) is 18.2 Å². The van der Waals surface area contributed by atoms with Gasteiger partial charge in [0.05, 0.1) is 0 Å². The van der Waals surface area contributed by atoms with Crippen molar-refractivity contribution in [2.45, 2.75) is 12.5 Å². The smallest absolute Gasteiger partial charge is 0.290 e. The van der Waals surface area contributed by atoms with Crippen LogP contribution in [0.15, 0.2) is 46.9 Å². The van der Waals surface area contributed by atoms with E-state index < -0.39 is 0 Å². The Kier molecular flexibility index (Phi) is 3.43. The molecule has 3 rings (SSSR count). The number of hydrogen-bond donors (Lipinski definition) is 1. The first-order valence-corrected chi connectivity index (χ1v) is 6.60. The zero-order valence-electron chi connectivity index (χ0n) is 11.0. The van der Waals surface area contributed by atoms with Crippen LogP contribution in [0.4, 0.5) is 0 Å². The van der Waals surface area contributed by atoms with Crippen LogP contribution in [0.5, 0.6) is 11.7 Å². The quantitative estimate of drug-likeness (QED) is 0.930. The Morgan fingerprint density at radius 2 is 2.05 bits per heavy atom. The molecule has 0 bridgehead atoms. The van der Waals surface area contributed by atoms with Crippen molar-refractivity contribution >= 4 is 5.91 Å². The topological polar surface area (TPSA) is 68.7 Å². The second-order valence-electron chi connectivity index (χ2n) is 4.83. The van der Waals surface area contributed by atoms with Gasteiger partial charge in [-0.25, -0.2) is 0 Å². The number of likely N-dealkylation sites (tertiary alicyclic amines) is 1. The summed E-state index contributed by atoms with van der Waals surface area (Å²) in [5.74, 6) is 1.12. The molecule has 104 valence electrons. The van der Waals surface area contributed by atoms with E-state index in [4.69, 9.17) is 14.9 Å². The summed E-state index contributed by atoms with van der Waals surface area (Å²) in [7, 11) is 0. The van der Waals surface area contributed by atoms with Gasteiger partial charge >= 0.3 is 0 Å². The summed E-state index contributed by atoms with van der Waals surface area (Å²) in [5, 5.41) is 0. The molecule has 0 spiro atoms. The van der Waals surface area contributed by atoms with Crippen molar-refractivity contribution in [1.29, 1.82) is 0 Å². The van der Waals surface area contributed by atoms with Gasteiger partial charge < -0.3 is 19.8 Å². The molecule has 5 heteroatoms. The van der Waals surface area contributed by atoms with E-state index in [1.165, 1.54) is 0 Å². The van der Waals surface area contributed by atoms with Gasteiger partial charge in [0.15, 0.2) is 5.76 Å². The van der Waals surface area contributed by atoms with Crippen molar-refractivity contribution in [3.05, 3.63) is 48.2 Å². The highest BCUT2D eigenvalue weighted by atomic mass is 16.6. The number of carbonyl (C=O) groups excluding carboxylic acids is 1. The van der Waals surface area contributed by atoms with Crippen LogP contribution in [0.2, 0.25) is 0 Å². The Balaban J connectivity index is 1.69. The number of rotatable bonds is 3. The largest absolute Gasteiger partial charge is 0.426 e. The minimum Gasteiger partial charge on any atom is -0.426 e. The highest BCUT2D eigenvalue weighted by Crippen LogP contribution is 2.24. The Labute approximate surface area is 116 Å². The molecule has 2 N–H and O–H groups in total. The molecule has 1 saturated heterocycles. The molecule has 0 saturated carbocycles. The van der Waals surface area contributed by atoms with Crippen molar-refractivity contribution in [3.63, 3.8) is 0 Å². The van der Waals surface area contributed by atoms with Crippen LogP contribution in [0.1, 0.15) is 17.0 Å². The molecule has 2 aromatic rings. The number of nitrogens with zero attached hydrogens (tertiary/aromatic N) is 1. The molecule has 0 radical (unpaired) electrons. The first-order valence-electron chi connectivity index (χ1n) is 6.60. The van der Waals surface area contributed by atoms with E-state index in [1.54, 1.807) is 17.0 Å². The maximum atomic E-state index is 12.2. The maximum absolute atomic E-state index is 12.2. The second-order valence-corrected chi connectivity index (χ2v) is 4.83. The summed E-state index contributed by atoms with van der Waals surface area (Å²) < 4.78 is 11.0. The van der Waals surface area contributed by atoms with Crippen LogP contribution in [0.3, 0.4) is 0 Å². The van der Waals surface area contributed by atoms with Crippen LogP contribution in [0, 0.1) is 0 Å². The fourth-order valence-electron chi connectivity index (χ4n) is 2.22. The van der Waals surface area contributed by atoms with E-state index >= 15 is 0 Å². The Morgan fingerprint density at radius 3 is 2.75 bits per heavy atom. The van der Waals surface area contributed by atoms with Crippen molar-refractivity contribution in [3.8, 4) is 11.7 Å². The van der Waals surface area contributed by atoms with Gasteiger partial charge in [0.1, 0.15) is 5.75 Å². The lowest BCUT2D eigenvalue weighted by molar-refractivity contribution is 0.0754. The van der Waals surface area contributed by atoms with Gasteiger partial charge in [0, 0.05) is 25.2 Å². The first kappa shape index (κ1) is 12.7. The van der Waals surface area contributed by atoms with Crippen LogP contribution in [-0.4, -0.2) is 29.9 Å². The van der Waals surface area contributed by atoms with Gasteiger partial charge in [0.2, 0.25) is 0 Å². The highest BCUT2D eigenvalue weighted by molar-refractivity contribution is 5.91. The van der Waals surface area contributed by atoms with Crippen molar-refractivity contribution in [1.82, 2.24) is 4.90 Å². The lowest BCUT2D eigenvalue weighted by atomic mass is 10.3. The lowest BCUT2D eigenvalue weighted by Gasteiger charge is -2.13. The average molecular weight is 272 g/mol. The van der Waals surface area contributed by atoms with Crippen LogP contribution in [0.25, 0.3) is 0 Å². The number of hydrogen-bond acceptors (Lipinski definition) is 4. The third kappa shape index (κ3) is 2.67. The van der Waals surface area contributed by atoms with E-state index in [2.05, 4.69) is 0 Å². The lowest BCUT2D eigenvalue weighted by Crippen LogP contribution is -2.31. The molecular formula is C15H16N2O3. The Morgan fingerprint density at radius 1 is 1.25 bits per heavy atom. The molecule has 1 aromatic heterocycles. The summed E-state index contributed by atoms with van der Waals surface area (Å²) in [6.07, 6.45) is 0.833. The molecule has 1 atom stereocenters. The fraction of sp³-hybridized carbons (Fsp3) is 0.267. The highest BCUT2D eigenvalue weighted by Gasteiger charge is 2.26.